The number of carbonyl (C=O) groups is 1. The van der Waals surface area contributed by atoms with Crippen LogP contribution in [0.25, 0.3) is 0 Å². The molecular weight excluding hydrogens is 379 g/mol. The number of amides is 1. The Hall–Kier alpha value is -2.25. The maximum absolute atomic E-state index is 12.7. The van der Waals surface area contributed by atoms with Crippen molar-refractivity contribution in [3.8, 4) is 0 Å². The first-order valence-electron chi connectivity index (χ1n) is 8.27. The number of anilines is 1. The van der Waals surface area contributed by atoms with Crippen molar-refractivity contribution in [2.75, 3.05) is 32.5 Å². The Morgan fingerprint density at radius 3 is 2.48 bits per heavy atom. The fourth-order valence-electron chi connectivity index (χ4n) is 2.58. The minimum absolute atomic E-state index is 0.129. The zero-order valence-corrected chi connectivity index (χ0v) is 15.7. The summed E-state index contributed by atoms with van der Waals surface area (Å²) in [6.45, 7) is 0.184. The van der Waals surface area contributed by atoms with E-state index in [1.807, 2.05) is 37.2 Å². The molecule has 0 spiro atoms. The van der Waals surface area contributed by atoms with Crippen molar-refractivity contribution in [1.82, 2.24) is 10.2 Å². The number of benzene rings is 2. The number of carbonyl (C=O) groups excluding carboxylic acids is 1. The molecule has 1 amide bonds. The second kappa shape index (κ2) is 9.10. The van der Waals surface area contributed by atoms with E-state index in [-0.39, 0.29) is 24.2 Å². The van der Waals surface area contributed by atoms with E-state index in [2.05, 4.69) is 10.6 Å². The highest BCUT2D eigenvalue weighted by Crippen LogP contribution is 2.30. The largest absolute Gasteiger partial charge is 0.416 e. The van der Waals surface area contributed by atoms with Crippen LogP contribution in [0, 0.1) is 0 Å². The molecule has 0 saturated carbocycles. The summed E-state index contributed by atoms with van der Waals surface area (Å²) in [5.41, 5.74) is 0.352. The van der Waals surface area contributed by atoms with Gasteiger partial charge in [-0.05, 0) is 43.9 Å². The SMILES string of the molecule is CN(C)C(CNC(=O)CNc1cccc(C(F)(F)F)c1)c1ccccc1Cl. The van der Waals surface area contributed by atoms with Gasteiger partial charge >= 0.3 is 6.18 Å². The minimum Gasteiger partial charge on any atom is -0.376 e. The number of nitrogens with one attached hydrogen (secondary N) is 2. The molecule has 0 aliphatic heterocycles. The first kappa shape index (κ1) is 21.1. The van der Waals surface area contributed by atoms with Gasteiger partial charge in [-0.3, -0.25) is 4.79 Å². The Balaban J connectivity index is 1.93. The average Bonchev–Trinajstić information content (AvgIpc) is 2.61. The fourth-order valence-corrected chi connectivity index (χ4v) is 2.84. The molecule has 2 N–H and O–H groups in total. The van der Waals surface area contributed by atoms with Crippen LogP contribution in [0.15, 0.2) is 48.5 Å². The molecule has 2 rings (SSSR count). The van der Waals surface area contributed by atoms with Crippen LogP contribution in [-0.2, 0) is 11.0 Å². The van der Waals surface area contributed by atoms with Crippen molar-refractivity contribution < 1.29 is 18.0 Å². The van der Waals surface area contributed by atoms with Crippen LogP contribution >= 0.6 is 11.6 Å². The molecule has 1 unspecified atom stereocenters. The molecule has 0 aromatic heterocycles. The lowest BCUT2D eigenvalue weighted by Crippen LogP contribution is -2.37. The molecule has 2 aromatic rings. The third-order valence-electron chi connectivity index (χ3n) is 4.02. The van der Waals surface area contributed by atoms with E-state index in [1.54, 1.807) is 6.07 Å². The third kappa shape index (κ3) is 6.15. The average molecular weight is 400 g/mol. The Labute approximate surface area is 161 Å². The van der Waals surface area contributed by atoms with Crippen molar-refractivity contribution in [3.05, 3.63) is 64.7 Å². The third-order valence-corrected chi connectivity index (χ3v) is 4.37. The number of likely N-dealkylation sites (N-methyl/N-ethyl adjacent to an activating group) is 1. The van der Waals surface area contributed by atoms with Crippen LogP contribution in [0.5, 0.6) is 0 Å². The molecule has 146 valence electrons. The molecular formula is C19H21ClF3N3O. The lowest BCUT2D eigenvalue weighted by Gasteiger charge is -2.26. The molecule has 4 nitrogen and oxygen atoms in total. The van der Waals surface area contributed by atoms with Crippen LogP contribution in [-0.4, -0.2) is 38.0 Å². The highest BCUT2D eigenvalue weighted by Gasteiger charge is 2.30. The zero-order valence-electron chi connectivity index (χ0n) is 15.0. The topological polar surface area (TPSA) is 44.4 Å². The van der Waals surface area contributed by atoms with Gasteiger partial charge in [0.25, 0.3) is 0 Å². The Bertz CT molecular complexity index is 781. The van der Waals surface area contributed by atoms with E-state index in [0.717, 1.165) is 17.7 Å². The summed E-state index contributed by atoms with van der Waals surface area (Å²) >= 11 is 6.23. The number of hydrogen-bond donors (Lipinski definition) is 2. The van der Waals surface area contributed by atoms with Crippen molar-refractivity contribution in [2.24, 2.45) is 0 Å². The molecule has 27 heavy (non-hydrogen) atoms. The van der Waals surface area contributed by atoms with Crippen LogP contribution in [0.4, 0.5) is 18.9 Å². The van der Waals surface area contributed by atoms with Crippen LogP contribution in [0.2, 0.25) is 5.02 Å². The first-order valence-corrected chi connectivity index (χ1v) is 8.65. The summed E-state index contributed by atoms with van der Waals surface area (Å²) in [6.07, 6.45) is -4.42. The molecule has 0 bridgehead atoms. The quantitative estimate of drug-likeness (QED) is 0.733. The molecule has 0 heterocycles. The van der Waals surface area contributed by atoms with Crippen molar-refractivity contribution in [3.63, 3.8) is 0 Å². The maximum atomic E-state index is 12.7. The van der Waals surface area contributed by atoms with Crippen LogP contribution in [0.1, 0.15) is 17.2 Å². The lowest BCUT2D eigenvalue weighted by atomic mass is 10.1. The Kier molecular flexibility index (Phi) is 7.10. The van der Waals surface area contributed by atoms with E-state index >= 15 is 0 Å². The highest BCUT2D eigenvalue weighted by atomic mass is 35.5. The number of nitrogens with zero attached hydrogens (tertiary/aromatic N) is 1. The van der Waals surface area contributed by atoms with Crippen molar-refractivity contribution in [1.29, 1.82) is 0 Å². The summed E-state index contributed by atoms with van der Waals surface area (Å²) in [5, 5.41) is 6.09. The van der Waals surface area contributed by atoms with Gasteiger partial charge in [-0.1, -0.05) is 35.9 Å². The van der Waals surface area contributed by atoms with Crippen LogP contribution < -0.4 is 10.6 Å². The van der Waals surface area contributed by atoms with E-state index in [9.17, 15) is 18.0 Å². The summed E-state index contributed by atoms with van der Waals surface area (Å²) in [6, 6.07) is 12.0. The van der Waals surface area contributed by atoms with Gasteiger partial charge < -0.3 is 15.5 Å². The van der Waals surface area contributed by atoms with Gasteiger partial charge in [0.2, 0.25) is 5.91 Å². The predicted octanol–water partition coefficient (Wildman–Crippen LogP) is 4.19. The van der Waals surface area contributed by atoms with Gasteiger partial charge in [-0.15, -0.1) is 0 Å². The van der Waals surface area contributed by atoms with Gasteiger partial charge in [-0.2, -0.15) is 13.2 Å². The molecule has 0 aliphatic carbocycles. The first-order chi connectivity index (χ1) is 12.7. The van der Waals surface area contributed by atoms with Gasteiger partial charge in [0.1, 0.15) is 0 Å². The molecule has 0 aliphatic rings. The molecule has 0 radical (unpaired) electrons. The van der Waals surface area contributed by atoms with Gasteiger partial charge in [0.15, 0.2) is 0 Å². The second-order valence-corrected chi connectivity index (χ2v) is 6.64. The van der Waals surface area contributed by atoms with Crippen molar-refractivity contribution in [2.45, 2.75) is 12.2 Å². The highest BCUT2D eigenvalue weighted by molar-refractivity contribution is 6.31. The Morgan fingerprint density at radius 1 is 1.15 bits per heavy atom. The molecule has 1 atom stereocenters. The molecule has 8 heteroatoms. The summed E-state index contributed by atoms with van der Waals surface area (Å²) in [4.78, 5) is 14.0. The van der Waals surface area contributed by atoms with Crippen LogP contribution in [0.3, 0.4) is 0 Å². The number of halogens is 4. The van der Waals surface area contributed by atoms with Crippen molar-refractivity contribution >= 4 is 23.2 Å². The smallest absolute Gasteiger partial charge is 0.376 e. The predicted molar refractivity (Wildman–Crippen MR) is 101 cm³/mol. The zero-order chi connectivity index (χ0) is 20.0. The number of alkyl halides is 3. The minimum atomic E-state index is -4.42. The van der Waals surface area contributed by atoms with Gasteiger partial charge in [-0.25, -0.2) is 0 Å². The van der Waals surface area contributed by atoms with E-state index in [0.29, 0.717) is 11.6 Å². The summed E-state index contributed by atoms with van der Waals surface area (Å²) < 4.78 is 38.2. The van der Waals surface area contributed by atoms with Gasteiger partial charge in [0, 0.05) is 17.3 Å². The van der Waals surface area contributed by atoms with Gasteiger partial charge in [0.05, 0.1) is 18.2 Å². The monoisotopic (exact) mass is 399 g/mol. The standard InChI is InChI=1S/C19H21ClF3N3O/c1-26(2)17(15-8-3-4-9-16(15)20)11-25-18(27)12-24-14-7-5-6-13(10-14)19(21,22)23/h3-10,17,24H,11-12H2,1-2H3,(H,25,27). The number of rotatable bonds is 7. The van der Waals surface area contributed by atoms with E-state index < -0.39 is 11.7 Å². The lowest BCUT2D eigenvalue weighted by molar-refractivity contribution is -0.137. The van der Waals surface area contributed by atoms with E-state index in [4.69, 9.17) is 11.6 Å². The molecule has 2 aromatic carbocycles. The van der Waals surface area contributed by atoms with E-state index in [1.165, 1.54) is 12.1 Å². The molecule has 0 fully saturated rings. The fraction of sp³-hybridized carbons (Fsp3) is 0.316. The maximum Gasteiger partial charge on any atom is 0.416 e. The summed E-state index contributed by atoms with van der Waals surface area (Å²) in [7, 11) is 3.75. The summed E-state index contributed by atoms with van der Waals surface area (Å²) in [5.74, 6) is -0.327. The number of hydrogen-bond acceptors (Lipinski definition) is 3. The second-order valence-electron chi connectivity index (χ2n) is 6.24. The molecule has 0 saturated heterocycles. The Morgan fingerprint density at radius 2 is 1.85 bits per heavy atom. The normalized spacial score (nSPS) is 12.7.